The molecule has 1 aliphatic rings. The van der Waals surface area contributed by atoms with E-state index in [0.717, 1.165) is 25.9 Å². The lowest BCUT2D eigenvalue weighted by atomic mass is 10.0. The third kappa shape index (κ3) is 11.1. The molecule has 11 nitrogen and oxygen atoms in total. The maximum Gasteiger partial charge on any atom is 0.490 e. The zero-order valence-electron chi connectivity index (χ0n) is 17.8. The smallest absolute Gasteiger partial charge is 0.482 e. The van der Waals surface area contributed by atoms with E-state index in [1.54, 1.807) is 0 Å². The summed E-state index contributed by atoms with van der Waals surface area (Å²) in [4.78, 5) is 43.8. The highest BCUT2D eigenvalue weighted by Crippen LogP contribution is 2.14. The minimum atomic E-state index is -5.08. The summed E-state index contributed by atoms with van der Waals surface area (Å²) in [5.41, 5.74) is 0.260. The van der Waals surface area contributed by atoms with Crippen LogP contribution < -0.4 is 15.4 Å². The fraction of sp³-hybridized carbons (Fsp3) is 0.500. The van der Waals surface area contributed by atoms with Gasteiger partial charge in [-0.25, -0.2) is 9.59 Å². The number of halogens is 3. The Balaban J connectivity index is 0.000000718. The molecule has 0 radical (unpaired) electrons. The van der Waals surface area contributed by atoms with Crippen molar-refractivity contribution in [2.45, 2.75) is 31.2 Å². The number of carboxylic acids is 2. The van der Waals surface area contributed by atoms with Crippen molar-refractivity contribution in [1.82, 2.24) is 10.6 Å². The van der Waals surface area contributed by atoms with E-state index in [4.69, 9.17) is 24.5 Å². The standard InChI is InChI=1S/C18H24N2O7.C2HF3O2/c21-9-15(20-16(22)10-26-14-5-7-19-8-6-14)18(25)12-1-3-13(4-2-12)27-11-17(23)24;3-2(4,5)1(6)7/h1-4,14-15,19,21H,5-11H2,(H,20,22)(H,23,24);(H,6,7)/t15-;/m0./s1. The Morgan fingerprint density at radius 2 is 1.62 bits per heavy atom. The molecule has 1 amide bonds. The molecule has 5 N–H and O–H groups in total. The number of piperidine rings is 1. The molecule has 1 saturated heterocycles. The number of benzene rings is 1. The van der Waals surface area contributed by atoms with Gasteiger partial charge in [0.25, 0.3) is 0 Å². The van der Waals surface area contributed by atoms with Crippen LogP contribution in [0, 0.1) is 0 Å². The number of nitrogens with one attached hydrogen (secondary N) is 2. The highest BCUT2D eigenvalue weighted by Gasteiger charge is 2.38. The van der Waals surface area contributed by atoms with Crippen LogP contribution in [0.25, 0.3) is 0 Å². The zero-order valence-corrected chi connectivity index (χ0v) is 17.8. The molecule has 1 fully saturated rings. The van der Waals surface area contributed by atoms with Gasteiger partial charge in [-0.1, -0.05) is 0 Å². The molecule has 0 aromatic heterocycles. The number of carboxylic acid groups (broad SMARTS) is 2. The maximum absolute atomic E-state index is 12.4. The second-order valence-corrected chi connectivity index (χ2v) is 6.94. The Hall–Kier alpha value is -3.23. The lowest BCUT2D eigenvalue weighted by Gasteiger charge is -2.23. The van der Waals surface area contributed by atoms with E-state index in [2.05, 4.69) is 10.6 Å². The van der Waals surface area contributed by atoms with Crippen molar-refractivity contribution in [2.24, 2.45) is 0 Å². The molecule has 0 aliphatic carbocycles. The number of aliphatic hydroxyl groups is 1. The first-order chi connectivity index (χ1) is 15.9. The van der Waals surface area contributed by atoms with Crippen LogP contribution in [0.5, 0.6) is 5.75 Å². The maximum atomic E-state index is 12.4. The number of ketones is 1. The molecular formula is C20H25F3N2O9. The molecule has 1 aromatic rings. The minimum Gasteiger partial charge on any atom is -0.482 e. The fourth-order valence-electron chi connectivity index (χ4n) is 2.65. The Kier molecular flexibility index (Phi) is 12.0. The summed E-state index contributed by atoms with van der Waals surface area (Å²) < 4.78 is 42.3. The predicted molar refractivity (Wildman–Crippen MR) is 108 cm³/mol. The molecule has 0 saturated carbocycles. The molecular weight excluding hydrogens is 469 g/mol. The third-order valence-electron chi connectivity index (χ3n) is 4.31. The van der Waals surface area contributed by atoms with Crippen molar-refractivity contribution in [1.29, 1.82) is 0 Å². The Labute approximate surface area is 191 Å². The number of carbonyl (C=O) groups excluding carboxylic acids is 2. The van der Waals surface area contributed by atoms with Gasteiger partial charge in [0.1, 0.15) is 18.4 Å². The van der Waals surface area contributed by atoms with Gasteiger partial charge in [-0.05, 0) is 50.2 Å². The van der Waals surface area contributed by atoms with Crippen LogP contribution in [0.15, 0.2) is 24.3 Å². The summed E-state index contributed by atoms with van der Waals surface area (Å²) in [5, 5.41) is 30.8. The summed E-state index contributed by atoms with van der Waals surface area (Å²) in [6.45, 7) is 0.484. The van der Waals surface area contributed by atoms with E-state index in [9.17, 15) is 32.7 Å². The zero-order chi connectivity index (χ0) is 25.7. The summed E-state index contributed by atoms with van der Waals surface area (Å²) >= 11 is 0. The van der Waals surface area contributed by atoms with Gasteiger partial charge in [0, 0.05) is 5.56 Å². The number of aliphatic hydroxyl groups excluding tert-OH is 1. The number of Topliss-reactive ketones (excluding diaryl/α,β-unsaturated/α-hetero) is 1. The Bertz CT molecular complexity index is 826. The van der Waals surface area contributed by atoms with Crippen LogP contribution in [0.3, 0.4) is 0 Å². The molecule has 2 rings (SSSR count). The molecule has 1 heterocycles. The van der Waals surface area contributed by atoms with Gasteiger partial charge in [0.2, 0.25) is 5.91 Å². The predicted octanol–water partition coefficient (Wildman–Crippen LogP) is 0.212. The number of ether oxygens (including phenoxy) is 2. The SMILES string of the molecule is O=C(O)C(F)(F)F.O=C(O)COc1ccc(C(=O)[C@H](CO)NC(=O)COC2CCNCC2)cc1. The van der Waals surface area contributed by atoms with Gasteiger partial charge in [0.05, 0.1) is 12.7 Å². The van der Waals surface area contributed by atoms with Crippen LogP contribution in [0.4, 0.5) is 13.2 Å². The van der Waals surface area contributed by atoms with Crippen LogP contribution in [0.1, 0.15) is 23.2 Å². The fourth-order valence-corrected chi connectivity index (χ4v) is 2.65. The quantitative estimate of drug-likeness (QED) is 0.283. The molecule has 1 atom stereocenters. The number of alkyl halides is 3. The van der Waals surface area contributed by atoms with Crippen molar-refractivity contribution < 1.29 is 57.1 Å². The molecule has 1 aromatic carbocycles. The summed E-state index contributed by atoms with van der Waals surface area (Å²) in [6, 6.07) is 4.71. The largest absolute Gasteiger partial charge is 0.490 e. The monoisotopic (exact) mass is 494 g/mol. The van der Waals surface area contributed by atoms with Gasteiger partial charge in [-0.3, -0.25) is 9.59 Å². The van der Waals surface area contributed by atoms with Crippen molar-refractivity contribution >= 4 is 23.6 Å². The number of hydrogen-bond acceptors (Lipinski definition) is 8. The van der Waals surface area contributed by atoms with Crippen LogP contribution in [0.2, 0.25) is 0 Å². The van der Waals surface area contributed by atoms with E-state index in [1.807, 2.05) is 0 Å². The number of amides is 1. The molecule has 1 aliphatic heterocycles. The normalized spacial score (nSPS) is 14.8. The van der Waals surface area contributed by atoms with Crippen molar-refractivity contribution in [2.75, 3.05) is 32.9 Å². The Morgan fingerprint density at radius 3 is 2.09 bits per heavy atom. The van der Waals surface area contributed by atoms with Gasteiger partial charge in [0.15, 0.2) is 12.4 Å². The van der Waals surface area contributed by atoms with Gasteiger partial charge < -0.3 is 35.4 Å². The van der Waals surface area contributed by atoms with Crippen molar-refractivity contribution in [3.8, 4) is 5.75 Å². The molecule has 0 bridgehead atoms. The topological polar surface area (TPSA) is 171 Å². The lowest BCUT2D eigenvalue weighted by Crippen LogP contribution is -2.45. The summed E-state index contributed by atoms with van der Waals surface area (Å²) in [6.07, 6.45) is -3.42. The first-order valence-corrected chi connectivity index (χ1v) is 9.95. The van der Waals surface area contributed by atoms with Crippen LogP contribution >= 0.6 is 0 Å². The number of hydrogen-bond donors (Lipinski definition) is 5. The first-order valence-electron chi connectivity index (χ1n) is 9.95. The lowest BCUT2D eigenvalue weighted by molar-refractivity contribution is -0.192. The van der Waals surface area contributed by atoms with Crippen LogP contribution in [-0.2, 0) is 19.1 Å². The van der Waals surface area contributed by atoms with Gasteiger partial charge in [-0.15, -0.1) is 0 Å². The third-order valence-corrected chi connectivity index (χ3v) is 4.31. The van der Waals surface area contributed by atoms with Crippen molar-refractivity contribution in [3.05, 3.63) is 29.8 Å². The number of rotatable bonds is 10. The average Bonchev–Trinajstić information content (AvgIpc) is 2.80. The average molecular weight is 494 g/mol. The van der Waals surface area contributed by atoms with E-state index in [0.29, 0.717) is 5.75 Å². The minimum absolute atomic E-state index is 0.0126. The molecule has 14 heteroatoms. The Morgan fingerprint density at radius 1 is 1.06 bits per heavy atom. The molecule has 0 unspecified atom stereocenters. The van der Waals surface area contributed by atoms with Gasteiger partial charge >= 0.3 is 18.1 Å². The highest BCUT2D eigenvalue weighted by atomic mass is 19.4. The summed E-state index contributed by atoms with van der Waals surface area (Å²) in [5.74, 6) is -4.49. The van der Waals surface area contributed by atoms with E-state index < -0.39 is 49.1 Å². The molecule has 190 valence electrons. The van der Waals surface area contributed by atoms with Crippen molar-refractivity contribution in [3.63, 3.8) is 0 Å². The van der Waals surface area contributed by atoms with Gasteiger partial charge in [-0.2, -0.15) is 13.2 Å². The van der Waals surface area contributed by atoms with E-state index in [-0.39, 0.29) is 18.3 Å². The summed E-state index contributed by atoms with van der Waals surface area (Å²) in [7, 11) is 0. The number of aliphatic carboxylic acids is 2. The molecule has 34 heavy (non-hydrogen) atoms. The highest BCUT2D eigenvalue weighted by molar-refractivity contribution is 6.02. The van der Waals surface area contributed by atoms with E-state index >= 15 is 0 Å². The second-order valence-electron chi connectivity index (χ2n) is 6.94. The molecule has 0 spiro atoms. The van der Waals surface area contributed by atoms with E-state index in [1.165, 1.54) is 24.3 Å². The number of carbonyl (C=O) groups is 4. The first kappa shape index (κ1) is 28.8. The second kappa shape index (κ2) is 14.1. The van der Waals surface area contributed by atoms with Crippen LogP contribution in [-0.4, -0.2) is 90.2 Å².